The summed E-state index contributed by atoms with van der Waals surface area (Å²) in [6, 6.07) is 0. The summed E-state index contributed by atoms with van der Waals surface area (Å²) in [6.45, 7) is 12.2. The first kappa shape index (κ1) is 22.7. The van der Waals surface area contributed by atoms with Crippen LogP contribution in [0.2, 0.25) is 0 Å². The van der Waals surface area contributed by atoms with Crippen LogP contribution in [-0.2, 0) is 4.79 Å². The Labute approximate surface area is 151 Å². The lowest BCUT2D eigenvalue weighted by Gasteiger charge is -2.17. The first-order valence-electron chi connectivity index (χ1n) is 8.67. The Morgan fingerprint density at radius 2 is 1.80 bits per heavy atom. The summed E-state index contributed by atoms with van der Waals surface area (Å²) in [5.74, 6) is -0.712. The van der Waals surface area contributed by atoms with E-state index in [9.17, 15) is 4.79 Å². The number of carbonyl (C=O) groups is 1. The van der Waals surface area contributed by atoms with Crippen LogP contribution in [0.3, 0.4) is 0 Å². The molecule has 0 rings (SSSR count). The zero-order valence-corrected chi connectivity index (χ0v) is 15.5. The highest BCUT2D eigenvalue weighted by Crippen LogP contribution is 2.15. The number of unbranched alkanes of at least 4 members (excludes halogenated alkanes) is 1. The van der Waals surface area contributed by atoms with E-state index in [1.54, 1.807) is 0 Å². The van der Waals surface area contributed by atoms with Gasteiger partial charge in [-0.2, -0.15) is 0 Å². The number of hydrogen-bond donors (Lipinski definition) is 1. The fourth-order valence-electron chi connectivity index (χ4n) is 2.28. The molecule has 0 aliphatic rings. The molecule has 0 spiro atoms. The predicted molar refractivity (Wildman–Crippen MR) is 108 cm³/mol. The van der Waals surface area contributed by atoms with Gasteiger partial charge in [0.25, 0.3) is 0 Å². The molecule has 0 aromatic carbocycles. The third-order valence-corrected chi connectivity index (χ3v) is 3.58. The maximum absolute atomic E-state index is 10.7. The zero-order chi connectivity index (χ0) is 18.9. The molecule has 0 radical (unpaired) electrons. The summed E-state index contributed by atoms with van der Waals surface area (Å²) in [6.07, 6.45) is 13.0. The molecule has 5 nitrogen and oxygen atoms in total. The molecule has 0 saturated heterocycles. The van der Waals surface area contributed by atoms with Crippen molar-refractivity contribution in [3.63, 3.8) is 0 Å². The van der Waals surface area contributed by atoms with Crippen molar-refractivity contribution in [2.45, 2.75) is 46.0 Å². The van der Waals surface area contributed by atoms with Crippen molar-refractivity contribution in [3.8, 4) is 0 Å². The molecule has 0 heterocycles. The molecule has 0 aromatic heterocycles. The molecule has 1 N–H and O–H groups in total. The van der Waals surface area contributed by atoms with Gasteiger partial charge in [-0.15, -0.1) is 6.58 Å². The molecule has 0 aliphatic heterocycles. The fraction of sp³-hybridized carbons (Fsp3) is 0.500. The fourth-order valence-corrected chi connectivity index (χ4v) is 2.28. The van der Waals surface area contributed by atoms with Gasteiger partial charge >= 0.3 is 5.97 Å². The molecule has 5 heteroatoms. The van der Waals surface area contributed by atoms with Crippen molar-refractivity contribution in [1.82, 2.24) is 0 Å². The summed E-state index contributed by atoms with van der Waals surface area (Å²) >= 11 is 0. The third kappa shape index (κ3) is 11.0. The molecule has 0 bridgehead atoms. The van der Waals surface area contributed by atoms with Gasteiger partial charge in [-0.25, -0.2) is 0 Å². The van der Waals surface area contributed by atoms with Gasteiger partial charge in [-0.1, -0.05) is 30.4 Å². The van der Waals surface area contributed by atoms with E-state index in [2.05, 4.69) is 34.3 Å². The van der Waals surface area contributed by atoms with Crippen molar-refractivity contribution < 1.29 is 9.90 Å². The number of hydrogen-bond acceptors (Lipinski definition) is 4. The maximum atomic E-state index is 10.7. The van der Waals surface area contributed by atoms with Crippen LogP contribution in [0.4, 0.5) is 0 Å². The van der Waals surface area contributed by atoms with Gasteiger partial charge in [0.2, 0.25) is 0 Å². The Morgan fingerprint density at radius 1 is 1.12 bits per heavy atom. The number of aliphatic carboxylic acids is 1. The third-order valence-electron chi connectivity index (χ3n) is 3.58. The van der Waals surface area contributed by atoms with Gasteiger partial charge in [0.05, 0.1) is 18.0 Å². The smallest absolute Gasteiger partial charge is 0.303 e. The number of aliphatic imine (C=N–C) groups is 3. The van der Waals surface area contributed by atoms with E-state index in [-0.39, 0.29) is 19.0 Å². The molecule has 138 valence electrons. The monoisotopic (exact) mass is 345 g/mol. The second kappa shape index (κ2) is 15.2. The number of carboxylic acids is 1. The van der Waals surface area contributed by atoms with Crippen LogP contribution in [0.1, 0.15) is 46.0 Å². The Balaban J connectivity index is 5.40. The molecule has 0 fully saturated rings. The molecule has 1 unspecified atom stereocenters. The summed E-state index contributed by atoms with van der Waals surface area (Å²) < 4.78 is 0. The van der Waals surface area contributed by atoms with Crippen molar-refractivity contribution in [3.05, 3.63) is 37.0 Å². The quantitative estimate of drug-likeness (QED) is 0.285. The van der Waals surface area contributed by atoms with E-state index in [4.69, 9.17) is 5.11 Å². The molecular formula is C20H31N3O2. The van der Waals surface area contributed by atoms with Crippen molar-refractivity contribution in [1.29, 1.82) is 0 Å². The van der Waals surface area contributed by atoms with Crippen LogP contribution >= 0.6 is 0 Å². The minimum Gasteiger partial charge on any atom is -0.481 e. The van der Waals surface area contributed by atoms with Gasteiger partial charge in [0.15, 0.2) is 0 Å². The van der Waals surface area contributed by atoms with Crippen LogP contribution in [0.25, 0.3) is 0 Å². The Hall–Kier alpha value is -2.30. The van der Waals surface area contributed by atoms with E-state index >= 15 is 0 Å². The topological polar surface area (TPSA) is 74.4 Å². The minimum atomic E-state index is -0.769. The normalized spacial score (nSPS) is 14.2. The molecule has 0 amide bonds. The SMILES string of the molecule is C=CC(C/C=C\C)C(=NCN=C)C(CCCCC(=O)O)=NC/C=C/C. The average Bonchev–Trinajstić information content (AvgIpc) is 2.60. The van der Waals surface area contributed by atoms with E-state index in [0.29, 0.717) is 19.4 Å². The van der Waals surface area contributed by atoms with Gasteiger partial charge in [-0.3, -0.25) is 19.8 Å². The molecule has 0 saturated carbocycles. The van der Waals surface area contributed by atoms with E-state index in [0.717, 1.165) is 24.3 Å². The standard InChI is InChI=1S/C20H31N3O2/c1-5-8-12-17(7-3)20(23-16-21-4)18(22-15-9-6-2)13-10-11-14-19(24)25/h5-9,17H,3-4,10-16H2,1-2H3,(H,24,25)/b8-5-,9-6+,22-18?,23-20?. The molecule has 1 atom stereocenters. The lowest BCUT2D eigenvalue weighted by Crippen LogP contribution is -2.24. The summed E-state index contributed by atoms with van der Waals surface area (Å²) in [5, 5.41) is 8.80. The number of nitrogens with zero attached hydrogens (tertiary/aromatic N) is 3. The maximum Gasteiger partial charge on any atom is 0.303 e. The number of carboxylic acid groups (broad SMARTS) is 1. The molecule has 0 aliphatic carbocycles. The molecule has 25 heavy (non-hydrogen) atoms. The largest absolute Gasteiger partial charge is 0.481 e. The Kier molecular flexibility index (Phi) is 13.8. The Morgan fingerprint density at radius 3 is 2.36 bits per heavy atom. The lowest BCUT2D eigenvalue weighted by atomic mass is 9.92. The summed E-state index contributed by atoms with van der Waals surface area (Å²) in [5.41, 5.74) is 1.78. The minimum absolute atomic E-state index is 0.0572. The van der Waals surface area contributed by atoms with E-state index in [1.807, 2.05) is 38.2 Å². The van der Waals surface area contributed by atoms with E-state index < -0.39 is 5.97 Å². The molecular weight excluding hydrogens is 314 g/mol. The van der Waals surface area contributed by atoms with Gasteiger partial charge < -0.3 is 5.11 Å². The first-order chi connectivity index (χ1) is 12.1. The van der Waals surface area contributed by atoms with Crippen molar-refractivity contribution >= 4 is 24.1 Å². The van der Waals surface area contributed by atoms with Crippen LogP contribution in [0.15, 0.2) is 51.9 Å². The highest BCUT2D eigenvalue weighted by Gasteiger charge is 2.17. The van der Waals surface area contributed by atoms with Gasteiger partial charge in [0.1, 0.15) is 6.67 Å². The lowest BCUT2D eigenvalue weighted by molar-refractivity contribution is -0.137. The van der Waals surface area contributed by atoms with Crippen LogP contribution < -0.4 is 0 Å². The number of rotatable bonds is 14. The zero-order valence-electron chi connectivity index (χ0n) is 15.5. The van der Waals surface area contributed by atoms with Crippen molar-refractivity contribution in [2.24, 2.45) is 20.9 Å². The highest BCUT2D eigenvalue weighted by atomic mass is 16.4. The predicted octanol–water partition coefficient (Wildman–Crippen LogP) is 4.52. The first-order valence-corrected chi connectivity index (χ1v) is 8.67. The highest BCUT2D eigenvalue weighted by molar-refractivity contribution is 6.43. The second-order valence-corrected chi connectivity index (χ2v) is 5.51. The van der Waals surface area contributed by atoms with Crippen LogP contribution in [0.5, 0.6) is 0 Å². The van der Waals surface area contributed by atoms with E-state index in [1.165, 1.54) is 0 Å². The molecule has 0 aromatic rings. The summed E-state index contributed by atoms with van der Waals surface area (Å²) in [7, 11) is 0. The second-order valence-electron chi connectivity index (χ2n) is 5.51. The summed E-state index contributed by atoms with van der Waals surface area (Å²) in [4.78, 5) is 23.8. The van der Waals surface area contributed by atoms with Crippen molar-refractivity contribution in [2.75, 3.05) is 13.2 Å². The number of allylic oxidation sites excluding steroid dienone is 4. The Bertz CT molecular complexity index is 531. The van der Waals surface area contributed by atoms with Crippen LogP contribution in [-0.4, -0.2) is 42.4 Å². The van der Waals surface area contributed by atoms with Gasteiger partial charge in [-0.05, 0) is 46.2 Å². The van der Waals surface area contributed by atoms with Crippen LogP contribution in [0, 0.1) is 5.92 Å². The average molecular weight is 345 g/mol. The van der Waals surface area contributed by atoms with Gasteiger partial charge in [0, 0.05) is 12.3 Å².